The molecule has 1 amide bonds. The van der Waals surface area contributed by atoms with Gasteiger partial charge in [-0.3, -0.25) is 4.79 Å². The van der Waals surface area contributed by atoms with E-state index in [4.69, 9.17) is 4.74 Å². The van der Waals surface area contributed by atoms with E-state index in [1.807, 2.05) is 38.1 Å². The summed E-state index contributed by atoms with van der Waals surface area (Å²) in [5.41, 5.74) is 0.267. The maximum Gasteiger partial charge on any atom is 0.226 e. The van der Waals surface area contributed by atoms with Crippen molar-refractivity contribution < 1.29 is 14.6 Å². The Balaban J connectivity index is 1.92. The minimum atomic E-state index is -0.802. The van der Waals surface area contributed by atoms with Crippen LogP contribution in [-0.4, -0.2) is 29.8 Å². The molecule has 1 aromatic rings. The molecule has 0 bridgehead atoms. The van der Waals surface area contributed by atoms with E-state index in [-0.39, 0.29) is 11.8 Å². The lowest BCUT2D eigenvalue weighted by Gasteiger charge is -2.28. The molecule has 0 aromatic heterocycles. The molecule has 0 aliphatic carbocycles. The molecular weight excluding hydrogens is 254 g/mol. The summed E-state index contributed by atoms with van der Waals surface area (Å²) in [6.45, 7) is 4.56. The van der Waals surface area contributed by atoms with Crippen LogP contribution in [0, 0.1) is 5.92 Å². The molecule has 20 heavy (non-hydrogen) atoms. The Hall–Kier alpha value is -1.55. The molecule has 1 aliphatic heterocycles. The number of benzene rings is 1. The third-order valence-electron chi connectivity index (χ3n) is 4.16. The molecule has 0 fully saturated rings. The van der Waals surface area contributed by atoms with Crippen LogP contribution >= 0.6 is 0 Å². The lowest BCUT2D eigenvalue weighted by molar-refractivity contribution is -0.127. The van der Waals surface area contributed by atoms with Crippen LogP contribution in [-0.2, 0) is 11.2 Å². The molecule has 0 spiro atoms. The molecule has 1 atom stereocenters. The van der Waals surface area contributed by atoms with E-state index in [0.717, 1.165) is 11.3 Å². The van der Waals surface area contributed by atoms with Gasteiger partial charge in [-0.05, 0) is 30.9 Å². The molecule has 2 rings (SSSR count). The predicted octanol–water partition coefficient (Wildman–Crippen LogP) is 1.90. The fourth-order valence-corrected chi connectivity index (χ4v) is 2.39. The molecule has 1 aliphatic rings. The van der Waals surface area contributed by atoms with Crippen molar-refractivity contribution in [3.63, 3.8) is 0 Å². The first-order valence-electron chi connectivity index (χ1n) is 7.29. The second-order valence-corrected chi connectivity index (χ2v) is 5.47. The van der Waals surface area contributed by atoms with Gasteiger partial charge >= 0.3 is 0 Å². The highest BCUT2D eigenvalue weighted by atomic mass is 16.5. The lowest BCUT2D eigenvalue weighted by atomic mass is 9.94. The van der Waals surface area contributed by atoms with Gasteiger partial charge in [0.1, 0.15) is 12.4 Å². The van der Waals surface area contributed by atoms with Crippen molar-refractivity contribution in [3.05, 3.63) is 29.8 Å². The van der Waals surface area contributed by atoms with Gasteiger partial charge in [-0.15, -0.1) is 0 Å². The summed E-state index contributed by atoms with van der Waals surface area (Å²) >= 11 is 0. The fourth-order valence-electron chi connectivity index (χ4n) is 2.39. The topological polar surface area (TPSA) is 58.6 Å². The summed E-state index contributed by atoms with van der Waals surface area (Å²) in [4.78, 5) is 12.2. The van der Waals surface area contributed by atoms with Gasteiger partial charge in [-0.2, -0.15) is 0 Å². The Morgan fingerprint density at radius 2 is 2.10 bits per heavy atom. The third-order valence-corrected chi connectivity index (χ3v) is 4.16. The molecule has 0 radical (unpaired) electrons. The number of para-hydroxylation sites is 1. The number of amides is 1. The zero-order chi connectivity index (χ0) is 14.6. The van der Waals surface area contributed by atoms with Crippen molar-refractivity contribution in [1.29, 1.82) is 0 Å². The number of hydrogen-bond donors (Lipinski definition) is 2. The minimum absolute atomic E-state index is 0.0418. The Morgan fingerprint density at radius 1 is 1.40 bits per heavy atom. The summed E-state index contributed by atoms with van der Waals surface area (Å²) in [7, 11) is 0. The van der Waals surface area contributed by atoms with E-state index >= 15 is 0 Å². The van der Waals surface area contributed by atoms with Crippen LogP contribution in [0.1, 0.15) is 32.3 Å². The maximum absolute atomic E-state index is 12.2. The van der Waals surface area contributed by atoms with Crippen molar-refractivity contribution in [3.8, 4) is 5.75 Å². The monoisotopic (exact) mass is 277 g/mol. The van der Waals surface area contributed by atoms with Crippen LogP contribution in [0.15, 0.2) is 24.3 Å². The Labute approximate surface area is 120 Å². The second-order valence-electron chi connectivity index (χ2n) is 5.47. The summed E-state index contributed by atoms with van der Waals surface area (Å²) in [5.74, 6) is 0.651. The van der Waals surface area contributed by atoms with E-state index in [1.165, 1.54) is 0 Å². The van der Waals surface area contributed by atoms with E-state index < -0.39 is 5.60 Å². The third kappa shape index (κ3) is 3.31. The fraction of sp³-hybridized carbons (Fsp3) is 0.562. The number of aliphatic hydroxyl groups is 1. The Bertz CT molecular complexity index is 469. The quantitative estimate of drug-likeness (QED) is 0.864. The van der Waals surface area contributed by atoms with Gasteiger partial charge in [-0.1, -0.05) is 32.0 Å². The predicted molar refractivity (Wildman–Crippen MR) is 77.7 cm³/mol. The van der Waals surface area contributed by atoms with Gasteiger partial charge in [0.15, 0.2) is 0 Å². The zero-order valence-corrected chi connectivity index (χ0v) is 12.2. The van der Waals surface area contributed by atoms with Crippen LogP contribution in [0.5, 0.6) is 5.75 Å². The van der Waals surface area contributed by atoms with Crippen LogP contribution in [0.3, 0.4) is 0 Å². The number of carbonyl (C=O) groups is 1. The van der Waals surface area contributed by atoms with Gasteiger partial charge in [-0.25, -0.2) is 0 Å². The SMILES string of the molecule is CCC(O)(CC)CNC(=O)C1COc2ccccc2C1. The van der Waals surface area contributed by atoms with Gasteiger partial charge in [0.2, 0.25) is 5.91 Å². The summed E-state index contributed by atoms with van der Waals surface area (Å²) in [6.07, 6.45) is 1.96. The number of ether oxygens (including phenoxy) is 1. The number of fused-ring (bicyclic) bond motifs is 1. The van der Waals surface area contributed by atoms with Crippen LogP contribution in [0.25, 0.3) is 0 Å². The maximum atomic E-state index is 12.2. The molecular formula is C16H23NO3. The molecule has 2 N–H and O–H groups in total. The normalized spacial score (nSPS) is 18.1. The van der Waals surface area contributed by atoms with Crippen molar-refractivity contribution in [1.82, 2.24) is 5.32 Å². The highest BCUT2D eigenvalue weighted by Gasteiger charge is 2.28. The molecule has 0 saturated carbocycles. The molecule has 1 heterocycles. The molecule has 1 unspecified atom stereocenters. The van der Waals surface area contributed by atoms with Gasteiger partial charge in [0, 0.05) is 6.54 Å². The second kappa shape index (κ2) is 6.27. The smallest absolute Gasteiger partial charge is 0.226 e. The first-order valence-corrected chi connectivity index (χ1v) is 7.29. The summed E-state index contributed by atoms with van der Waals surface area (Å²) in [5, 5.41) is 13.0. The van der Waals surface area contributed by atoms with E-state index in [9.17, 15) is 9.90 Å². The van der Waals surface area contributed by atoms with Gasteiger partial charge < -0.3 is 15.2 Å². The first kappa shape index (κ1) is 14.9. The summed E-state index contributed by atoms with van der Waals surface area (Å²) in [6, 6.07) is 7.80. The van der Waals surface area contributed by atoms with E-state index in [2.05, 4.69) is 5.32 Å². The number of nitrogens with one attached hydrogen (secondary N) is 1. The average Bonchev–Trinajstić information content (AvgIpc) is 2.51. The van der Waals surface area contributed by atoms with Gasteiger partial charge in [0.25, 0.3) is 0 Å². The number of rotatable bonds is 5. The minimum Gasteiger partial charge on any atom is -0.492 e. The number of hydrogen-bond acceptors (Lipinski definition) is 3. The molecule has 4 nitrogen and oxygen atoms in total. The van der Waals surface area contributed by atoms with Crippen LogP contribution < -0.4 is 10.1 Å². The summed E-state index contributed by atoms with van der Waals surface area (Å²) < 4.78 is 5.62. The highest BCUT2D eigenvalue weighted by Crippen LogP contribution is 2.26. The first-order chi connectivity index (χ1) is 9.58. The Morgan fingerprint density at radius 3 is 2.80 bits per heavy atom. The van der Waals surface area contributed by atoms with Crippen molar-refractivity contribution in [2.75, 3.05) is 13.2 Å². The van der Waals surface area contributed by atoms with Crippen molar-refractivity contribution in [2.24, 2.45) is 5.92 Å². The largest absolute Gasteiger partial charge is 0.492 e. The Kier molecular flexibility index (Phi) is 4.65. The van der Waals surface area contributed by atoms with Crippen molar-refractivity contribution in [2.45, 2.75) is 38.7 Å². The standard InChI is InChI=1S/C16H23NO3/c1-3-16(19,4-2)11-17-15(18)13-9-12-7-5-6-8-14(12)20-10-13/h5-8,13,19H,3-4,9-11H2,1-2H3,(H,17,18). The molecule has 1 aromatic carbocycles. The average molecular weight is 277 g/mol. The van der Waals surface area contributed by atoms with Crippen LogP contribution in [0.4, 0.5) is 0 Å². The van der Waals surface area contributed by atoms with Gasteiger partial charge in [0.05, 0.1) is 11.5 Å². The number of carbonyl (C=O) groups excluding carboxylic acids is 1. The van der Waals surface area contributed by atoms with E-state index in [1.54, 1.807) is 0 Å². The molecule has 4 heteroatoms. The van der Waals surface area contributed by atoms with Crippen LogP contribution in [0.2, 0.25) is 0 Å². The van der Waals surface area contributed by atoms with Crippen molar-refractivity contribution >= 4 is 5.91 Å². The van der Waals surface area contributed by atoms with E-state index in [0.29, 0.717) is 32.4 Å². The highest BCUT2D eigenvalue weighted by molar-refractivity contribution is 5.79. The zero-order valence-electron chi connectivity index (χ0n) is 12.2. The lowest BCUT2D eigenvalue weighted by Crippen LogP contribution is -2.45. The molecule has 0 saturated heterocycles. The molecule has 110 valence electrons.